The van der Waals surface area contributed by atoms with Crippen LogP contribution in [0.15, 0.2) is 0 Å². The van der Waals surface area contributed by atoms with Crippen molar-refractivity contribution in [2.45, 2.75) is 97.3 Å². The first-order valence-corrected chi connectivity index (χ1v) is 12.1. The van der Waals surface area contributed by atoms with Crippen molar-refractivity contribution in [3.8, 4) is 0 Å². The molecule has 176 valence electrons. The second-order valence-electron chi connectivity index (χ2n) is 7.92. The van der Waals surface area contributed by atoms with Crippen molar-refractivity contribution in [2.24, 2.45) is 5.73 Å². The Labute approximate surface area is 183 Å². The van der Waals surface area contributed by atoms with Crippen LogP contribution in [-0.2, 0) is 14.4 Å². The zero-order chi connectivity index (χ0) is 22.5. The molecule has 0 spiro atoms. The normalized spacial score (nSPS) is 10.6. The quantitative estimate of drug-likeness (QED) is 0.260. The van der Waals surface area contributed by atoms with Crippen LogP contribution in [0.5, 0.6) is 0 Å². The largest absolute Gasteiger partial charge is 0.356 e. The van der Waals surface area contributed by atoms with Crippen molar-refractivity contribution in [3.05, 3.63) is 0 Å². The van der Waals surface area contributed by atoms with Crippen molar-refractivity contribution >= 4 is 17.7 Å². The molecule has 0 fully saturated rings. The van der Waals surface area contributed by atoms with E-state index in [4.69, 9.17) is 5.73 Å². The number of carbonyl (C=O) groups excluding carboxylic acids is 3. The molecule has 4 N–H and O–H groups in total. The van der Waals surface area contributed by atoms with Crippen LogP contribution in [0.4, 0.5) is 0 Å². The van der Waals surface area contributed by atoms with Crippen LogP contribution in [-0.4, -0.2) is 55.3 Å². The number of carbonyl (C=O) groups is 3. The highest BCUT2D eigenvalue weighted by Crippen LogP contribution is 2.11. The summed E-state index contributed by atoms with van der Waals surface area (Å²) in [4.78, 5) is 37.1. The van der Waals surface area contributed by atoms with Gasteiger partial charge in [0.15, 0.2) is 0 Å². The highest BCUT2D eigenvalue weighted by atomic mass is 16.2. The molecular weight excluding hydrogens is 380 g/mol. The number of nitrogens with zero attached hydrogens (tertiary/aromatic N) is 1. The monoisotopic (exact) mass is 426 g/mol. The maximum absolute atomic E-state index is 12.7. The second kappa shape index (κ2) is 20.6. The highest BCUT2D eigenvalue weighted by Gasteiger charge is 2.13. The van der Waals surface area contributed by atoms with Crippen LogP contribution in [0.1, 0.15) is 97.3 Å². The first-order valence-electron chi connectivity index (χ1n) is 12.1. The van der Waals surface area contributed by atoms with Crippen molar-refractivity contribution in [1.82, 2.24) is 15.5 Å². The Balaban J connectivity index is 4.12. The maximum atomic E-state index is 12.7. The third-order valence-corrected chi connectivity index (χ3v) is 5.21. The van der Waals surface area contributed by atoms with Crippen molar-refractivity contribution in [1.29, 1.82) is 0 Å². The standard InChI is InChI=1S/C23H46N4O3/c1-3-5-6-7-8-9-10-11-12-15-23(30)27(18-13-16-25-21(28)4-2)19-14-17-26-22(29)20-24/h3-20,24H2,1-2H3,(H,25,28)(H,26,29). The molecule has 0 aliphatic carbocycles. The number of nitrogens with one attached hydrogen (secondary N) is 2. The number of unbranched alkanes of at least 4 members (excludes halogenated alkanes) is 8. The third-order valence-electron chi connectivity index (χ3n) is 5.21. The predicted molar refractivity (Wildman–Crippen MR) is 123 cm³/mol. The van der Waals surface area contributed by atoms with Gasteiger partial charge < -0.3 is 21.3 Å². The van der Waals surface area contributed by atoms with E-state index < -0.39 is 0 Å². The second-order valence-corrected chi connectivity index (χ2v) is 7.92. The fraction of sp³-hybridized carbons (Fsp3) is 0.870. The minimum Gasteiger partial charge on any atom is -0.356 e. The van der Waals surface area contributed by atoms with Crippen LogP contribution in [0.3, 0.4) is 0 Å². The van der Waals surface area contributed by atoms with Gasteiger partial charge in [0, 0.05) is 39.0 Å². The van der Waals surface area contributed by atoms with Crippen molar-refractivity contribution in [2.75, 3.05) is 32.7 Å². The highest BCUT2D eigenvalue weighted by molar-refractivity contribution is 5.78. The van der Waals surface area contributed by atoms with Crippen LogP contribution in [0.2, 0.25) is 0 Å². The molecule has 0 heterocycles. The molecule has 7 heteroatoms. The lowest BCUT2D eigenvalue weighted by Gasteiger charge is -2.23. The molecular formula is C23H46N4O3. The topological polar surface area (TPSA) is 105 Å². The van der Waals surface area contributed by atoms with Gasteiger partial charge in [-0.25, -0.2) is 0 Å². The van der Waals surface area contributed by atoms with Crippen LogP contribution in [0, 0.1) is 0 Å². The van der Waals surface area contributed by atoms with Gasteiger partial charge in [-0.05, 0) is 19.3 Å². The maximum Gasteiger partial charge on any atom is 0.233 e. The molecule has 30 heavy (non-hydrogen) atoms. The summed E-state index contributed by atoms with van der Waals surface area (Å²) in [6, 6.07) is 0. The number of hydrogen-bond donors (Lipinski definition) is 3. The zero-order valence-electron chi connectivity index (χ0n) is 19.5. The average Bonchev–Trinajstić information content (AvgIpc) is 2.76. The summed E-state index contributed by atoms with van der Waals surface area (Å²) in [6.07, 6.45) is 13.6. The molecule has 0 saturated heterocycles. The molecule has 0 atom stereocenters. The lowest BCUT2D eigenvalue weighted by atomic mass is 10.1. The molecule has 0 radical (unpaired) electrons. The van der Waals surface area contributed by atoms with Gasteiger partial charge in [0.05, 0.1) is 6.54 Å². The van der Waals surface area contributed by atoms with Gasteiger partial charge in [-0.2, -0.15) is 0 Å². The average molecular weight is 427 g/mol. The Bertz CT molecular complexity index is 434. The van der Waals surface area contributed by atoms with E-state index in [1.54, 1.807) is 0 Å². The molecule has 0 aliphatic rings. The van der Waals surface area contributed by atoms with Gasteiger partial charge in [-0.1, -0.05) is 65.2 Å². The van der Waals surface area contributed by atoms with Gasteiger partial charge >= 0.3 is 0 Å². The Morgan fingerprint density at radius 3 is 1.70 bits per heavy atom. The Kier molecular flexibility index (Phi) is 19.5. The number of nitrogens with two attached hydrogens (primary N) is 1. The predicted octanol–water partition coefficient (Wildman–Crippen LogP) is 3.12. The molecule has 0 rings (SSSR count). The van der Waals surface area contributed by atoms with E-state index in [1.165, 1.54) is 44.9 Å². The van der Waals surface area contributed by atoms with Gasteiger partial charge in [0.1, 0.15) is 0 Å². The van der Waals surface area contributed by atoms with E-state index >= 15 is 0 Å². The van der Waals surface area contributed by atoms with Crippen LogP contribution >= 0.6 is 0 Å². The smallest absolute Gasteiger partial charge is 0.233 e. The fourth-order valence-electron chi connectivity index (χ4n) is 3.30. The van der Waals surface area contributed by atoms with E-state index in [1.807, 2.05) is 11.8 Å². The first kappa shape index (κ1) is 28.4. The van der Waals surface area contributed by atoms with E-state index in [-0.39, 0.29) is 24.3 Å². The third kappa shape index (κ3) is 17.2. The summed E-state index contributed by atoms with van der Waals surface area (Å²) in [6.45, 7) is 6.39. The van der Waals surface area contributed by atoms with E-state index in [0.717, 1.165) is 19.3 Å². The summed E-state index contributed by atoms with van der Waals surface area (Å²) in [5.41, 5.74) is 5.29. The summed E-state index contributed by atoms with van der Waals surface area (Å²) in [7, 11) is 0. The Morgan fingerprint density at radius 1 is 0.700 bits per heavy atom. The van der Waals surface area contributed by atoms with Crippen molar-refractivity contribution < 1.29 is 14.4 Å². The molecule has 0 bridgehead atoms. The van der Waals surface area contributed by atoms with Gasteiger partial charge in [-0.15, -0.1) is 0 Å². The molecule has 0 aromatic heterocycles. The van der Waals surface area contributed by atoms with E-state index in [9.17, 15) is 14.4 Å². The van der Waals surface area contributed by atoms with Crippen LogP contribution < -0.4 is 16.4 Å². The number of rotatable bonds is 20. The van der Waals surface area contributed by atoms with Gasteiger partial charge in [-0.3, -0.25) is 14.4 Å². The molecule has 0 aromatic carbocycles. The van der Waals surface area contributed by atoms with Gasteiger partial charge in [0.2, 0.25) is 17.7 Å². The van der Waals surface area contributed by atoms with Gasteiger partial charge in [0.25, 0.3) is 0 Å². The Hall–Kier alpha value is -1.63. The molecule has 0 aromatic rings. The van der Waals surface area contributed by atoms with Crippen LogP contribution in [0.25, 0.3) is 0 Å². The van der Waals surface area contributed by atoms with E-state index in [2.05, 4.69) is 17.6 Å². The zero-order valence-corrected chi connectivity index (χ0v) is 19.5. The minimum atomic E-state index is -0.176. The molecule has 3 amide bonds. The van der Waals surface area contributed by atoms with E-state index in [0.29, 0.717) is 45.4 Å². The molecule has 0 unspecified atom stereocenters. The molecule has 7 nitrogen and oxygen atoms in total. The summed E-state index contributed by atoms with van der Waals surface area (Å²) >= 11 is 0. The lowest BCUT2D eigenvalue weighted by molar-refractivity contribution is -0.131. The molecule has 0 aliphatic heterocycles. The first-order chi connectivity index (χ1) is 14.5. The Morgan fingerprint density at radius 2 is 1.20 bits per heavy atom. The summed E-state index contributed by atoms with van der Waals surface area (Å²) < 4.78 is 0. The lowest BCUT2D eigenvalue weighted by Crippen LogP contribution is -2.37. The minimum absolute atomic E-state index is 0.0155. The fourth-order valence-corrected chi connectivity index (χ4v) is 3.30. The number of hydrogen-bond acceptors (Lipinski definition) is 4. The summed E-state index contributed by atoms with van der Waals surface area (Å²) in [5, 5.41) is 5.60. The number of amides is 3. The molecule has 0 saturated carbocycles. The SMILES string of the molecule is CCCCCCCCCCCC(=O)N(CCCNC(=O)CC)CCCNC(=O)CN. The van der Waals surface area contributed by atoms with Crippen molar-refractivity contribution in [3.63, 3.8) is 0 Å². The summed E-state index contributed by atoms with van der Waals surface area (Å²) in [5.74, 6) is 0.0295.